The summed E-state index contributed by atoms with van der Waals surface area (Å²) >= 11 is 0. The lowest BCUT2D eigenvalue weighted by Crippen LogP contribution is -2.55. The molecule has 0 amide bonds. The lowest BCUT2D eigenvalue weighted by Gasteiger charge is -2.38. The van der Waals surface area contributed by atoms with Crippen molar-refractivity contribution in [1.82, 2.24) is 4.90 Å². The van der Waals surface area contributed by atoms with Crippen LogP contribution in [0.1, 0.15) is 36.1 Å². The number of carbonyl (C=O) groups excluding carboxylic acids is 2. The van der Waals surface area contributed by atoms with Gasteiger partial charge in [0.05, 0.1) is 24.5 Å². The van der Waals surface area contributed by atoms with Crippen LogP contribution in [0, 0.1) is 0 Å². The zero-order valence-corrected chi connectivity index (χ0v) is 24.2. The van der Waals surface area contributed by atoms with Crippen LogP contribution in [-0.4, -0.2) is 42.6 Å². The average Bonchev–Trinajstić information content (AvgIpc) is 3.28. The van der Waals surface area contributed by atoms with Crippen molar-refractivity contribution in [2.45, 2.75) is 25.8 Å². The number of hydrogen-bond acceptors (Lipinski definition) is 5. The first kappa shape index (κ1) is 28.6. The Balaban J connectivity index is 1.97. The Morgan fingerprint density at radius 3 is 1.64 bits per heavy atom. The summed E-state index contributed by atoms with van der Waals surface area (Å²) in [6, 6.07) is 39.7. The van der Waals surface area contributed by atoms with Crippen LogP contribution >= 0.6 is 0 Å². The highest BCUT2D eigenvalue weighted by Gasteiger charge is 2.58. The average molecular weight is 558 g/mol. The van der Waals surface area contributed by atoms with E-state index >= 15 is 0 Å². The molecule has 0 radical (unpaired) electrons. The molecule has 42 heavy (non-hydrogen) atoms. The number of ether oxygens (including phenoxy) is 2. The number of esters is 2. The third kappa shape index (κ3) is 5.26. The topological polar surface area (TPSA) is 55.8 Å². The van der Waals surface area contributed by atoms with E-state index in [1.165, 1.54) is 0 Å². The van der Waals surface area contributed by atoms with E-state index in [9.17, 15) is 9.59 Å². The zero-order chi connectivity index (χ0) is 29.5. The molecule has 1 heterocycles. The fraction of sp³-hybridized carbons (Fsp3) is 0.189. The summed E-state index contributed by atoms with van der Waals surface area (Å²) in [7, 11) is 1.89. The van der Waals surface area contributed by atoms with Crippen LogP contribution in [0.4, 0.5) is 0 Å². The summed E-state index contributed by atoms with van der Waals surface area (Å²) in [4.78, 5) is 30.5. The molecular weight excluding hydrogens is 522 g/mol. The van der Waals surface area contributed by atoms with Gasteiger partial charge in [0.25, 0.3) is 0 Å². The first-order valence-corrected chi connectivity index (χ1v) is 14.3. The number of allylic oxidation sites excluding steroid dienone is 1. The molecule has 0 aliphatic carbocycles. The summed E-state index contributed by atoms with van der Waals surface area (Å²) in [5, 5.41) is 0. The summed E-state index contributed by atoms with van der Waals surface area (Å²) < 4.78 is 11.5. The van der Waals surface area contributed by atoms with Crippen molar-refractivity contribution in [1.29, 1.82) is 0 Å². The molecule has 4 aromatic carbocycles. The Hall–Kier alpha value is -4.90. The van der Waals surface area contributed by atoms with Crippen LogP contribution in [-0.2, 0) is 25.5 Å². The molecule has 0 N–H and O–H groups in total. The maximum absolute atomic E-state index is 14.4. The molecule has 0 bridgehead atoms. The Kier molecular flexibility index (Phi) is 8.68. The Labute approximate surface area is 247 Å². The molecule has 4 aromatic rings. The van der Waals surface area contributed by atoms with E-state index in [1.54, 1.807) is 13.8 Å². The Morgan fingerprint density at radius 2 is 1.14 bits per heavy atom. The number of rotatable bonds is 9. The normalized spacial score (nSPS) is 16.4. The molecule has 5 rings (SSSR count). The smallest absolute Gasteiger partial charge is 0.337 e. The lowest BCUT2D eigenvalue weighted by atomic mass is 9.81. The molecule has 0 unspecified atom stereocenters. The van der Waals surface area contributed by atoms with Crippen LogP contribution in [0.5, 0.6) is 0 Å². The van der Waals surface area contributed by atoms with Gasteiger partial charge in [-0.1, -0.05) is 121 Å². The SMILES string of the molecule is CCOC(=O)C1=C(c2ccccc2)C(=C(c2ccccc2)c2ccccc2)N(C)[C@]1(Cc1ccccc1)C(=O)OCC. The monoisotopic (exact) mass is 557 g/mol. The van der Waals surface area contributed by atoms with Crippen LogP contribution in [0.2, 0.25) is 0 Å². The maximum Gasteiger partial charge on any atom is 0.337 e. The fourth-order valence-corrected chi connectivity index (χ4v) is 5.81. The zero-order valence-electron chi connectivity index (χ0n) is 24.2. The number of nitrogens with zero attached hydrogens (tertiary/aromatic N) is 1. The standard InChI is InChI=1S/C37H35NO4/c1-4-41-35(39)33-32(30-24-16-9-17-25-30)34(31(28-20-12-7-13-21-28)29-22-14-8-15-23-29)38(3)37(33,36(40)42-5-2)26-27-18-10-6-11-19-27/h6-25H,4-5,26H2,1-3H3/t37-/m0/s1. The molecule has 1 aliphatic heterocycles. The lowest BCUT2D eigenvalue weighted by molar-refractivity contribution is -0.156. The van der Waals surface area contributed by atoms with Gasteiger partial charge in [-0.25, -0.2) is 9.59 Å². The molecule has 1 aliphatic rings. The van der Waals surface area contributed by atoms with E-state index in [0.717, 1.165) is 33.5 Å². The highest BCUT2D eigenvalue weighted by Crippen LogP contribution is 2.51. The van der Waals surface area contributed by atoms with Gasteiger partial charge in [-0.15, -0.1) is 0 Å². The van der Waals surface area contributed by atoms with Gasteiger partial charge >= 0.3 is 11.9 Å². The number of benzene rings is 4. The highest BCUT2D eigenvalue weighted by atomic mass is 16.5. The number of likely N-dealkylation sites (N-methyl/N-ethyl adjacent to an activating group) is 1. The third-order valence-corrected chi connectivity index (χ3v) is 7.63. The highest BCUT2D eigenvalue weighted by molar-refractivity contribution is 6.15. The van der Waals surface area contributed by atoms with Crippen LogP contribution in [0.25, 0.3) is 11.1 Å². The van der Waals surface area contributed by atoms with Gasteiger partial charge in [0, 0.05) is 24.6 Å². The second-order valence-corrected chi connectivity index (χ2v) is 10.1. The quantitative estimate of drug-likeness (QED) is 0.208. The third-order valence-electron chi connectivity index (χ3n) is 7.63. The molecule has 0 saturated carbocycles. The van der Waals surface area contributed by atoms with Crippen molar-refractivity contribution in [2.75, 3.05) is 20.3 Å². The number of carbonyl (C=O) groups is 2. The van der Waals surface area contributed by atoms with Crippen LogP contribution < -0.4 is 0 Å². The molecule has 0 saturated heterocycles. The summed E-state index contributed by atoms with van der Waals surface area (Å²) in [5.41, 5.74) is 4.73. The van der Waals surface area contributed by atoms with E-state index in [4.69, 9.17) is 9.47 Å². The van der Waals surface area contributed by atoms with Crippen molar-refractivity contribution in [3.63, 3.8) is 0 Å². The van der Waals surface area contributed by atoms with Crippen LogP contribution in [0.3, 0.4) is 0 Å². The largest absolute Gasteiger partial charge is 0.464 e. The molecule has 5 nitrogen and oxygen atoms in total. The second-order valence-electron chi connectivity index (χ2n) is 10.1. The van der Waals surface area contributed by atoms with Gasteiger partial charge in [-0.05, 0) is 36.1 Å². The molecule has 212 valence electrons. The minimum atomic E-state index is -1.49. The van der Waals surface area contributed by atoms with E-state index in [2.05, 4.69) is 24.3 Å². The molecule has 0 aromatic heterocycles. The molecule has 1 atom stereocenters. The van der Waals surface area contributed by atoms with Gasteiger partial charge in [-0.3, -0.25) is 0 Å². The number of hydrogen-bond donors (Lipinski definition) is 0. The molecular formula is C37H35NO4. The first-order chi connectivity index (χ1) is 20.5. The molecule has 5 heteroatoms. The molecule has 0 spiro atoms. The van der Waals surface area contributed by atoms with Crippen molar-refractivity contribution in [2.24, 2.45) is 0 Å². The maximum atomic E-state index is 14.4. The first-order valence-electron chi connectivity index (χ1n) is 14.3. The predicted molar refractivity (Wildman–Crippen MR) is 166 cm³/mol. The van der Waals surface area contributed by atoms with Crippen molar-refractivity contribution in [3.8, 4) is 0 Å². The van der Waals surface area contributed by atoms with E-state index in [-0.39, 0.29) is 25.2 Å². The second kappa shape index (κ2) is 12.7. The van der Waals surface area contributed by atoms with E-state index < -0.39 is 17.5 Å². The summed E-state index contributed by atoms with van der Waals surface area (Å²) in [6.07, 6.45) is 0.216. The van der Waals surface area contributed by atoms with Gasteiger partial charge in [0.1, 0.15) is 0 Å². The fourth-order valence-electron chi connectivity index (χ4n) is 5.81. The van der Waals surface area contributed by atoms with Crippen molar-refractivity contribution < 1.29 is 19.1 Å². The summed E-state index contributed by atoms with van der Waals surface area (Å²) in [6.45, 7) is 3.90. The van der Waals surface area contributed by atoms with Crippen molar-refractivity contribution in [3.05, 3.63) is 155 Å². The predicted octanol–water partition coefficient (Wildman–Crippen LogP) is 6.95. The van der Waals surface area contributed by atoms with Crippen molar-refractivity contribution >= 4 is 23.1 Å². The summed E-state index contributed by atoms with van der Waals surface area (Å²) in [5.74, 6) is -1.04. The van der Waals surface area contributed by atoms with Gasteiger partial charge in [0.15, 0.2) is 5.54 Å². The van der Waals surface area contributed by atoms with E-state index in [0.29, 0.717) is 5.57 Å². The minimum absolute atomic E-state index is 0.168. The molecule has 0 fully saturated rings. The van der Waals surface area contributed by atoms with Gasteiger partial charge in [-0.2, -0.15) is 0 Å². The Bertz CT molecular complexity index is 1550. The van der Waals surface area contributed by atoms with E-state index in [1.807, 2.05) is 109 Å². The van der Waals surface area contributed by atoms with Gasteiger partial charge in [0.2, 0.25) is 0 Å². The minimum Gasteiger partial charge on any atom is -0.464 e. The van der Waals surface area contributed by atoms with Crippen LogP contribution in [0.15, 0.2) is 133 Å². The van der Waals surface area contributed by atoms with Gasteiger partial charge < -0.3 is 14.4 Å². The Morgan fingerprint density at radius 1 is 0.667 bits per heavy atom.